The standard InChI is InChI=1S/C20H21ClN4O6S/c1-14(26)15-2-5-17(6-3-15)32(30,31)24-10-8-23(9-11-24)13-20(27)22-16-4-7-18(21)19(12-16)25(28)29/h2-7,12H,8-11,13H2,1H3,(H,22,27). The van der Waals surface area contributed by atoms with Crippen molar-refractivity contribution in [2.75, 3.05) is 38.0 Å². The Morgan fingerprint density at radius 2 is 1.72 bits per heavy atom. The SMILES string of the molecule is CC(=O)c1ccc(S(=O)(=O)N2CCN(CC(=O)Nc3ccc(Cl)c([N+](=O)[O-])c3)CC2)cc1. The Kier molecular flexibility index (Phi) is 7.24. The Labute approximate surface area is 190 Å². The number of halogens is 1. The maximum Gasteiger partial charge on any atom is 0.289 e. The number of nitro groups is 1. The molecule has 0 atom stereocenters. The second-order valence-electron chi connectivity index (χ2n) is 7.23. The molecule has 32 heavy (non-hydrogen) atoms. The van der Waals surface area contributed by atoms with Crippen molar-refractivity contribution in [3.05, 3.63) is 63.2 Å². The van der Waals surface area contributed by atoms with E-state index in [0.717, 1.165) is 0 Å². The number of anilines is 1. The fraction of sp³-hybridized carbons (Fsp3) is 0.300. The molecule has 1 saturated heterocycles. The normalized spacial score (nSPS) is 15.3. The first-order valence-corrected chi connectivity index (χ1v) is 11.5. The lowest BCUT2D eigenvalue weighted by atomic mass is 10.2. The zero-order chi connectivity index (χ0) is 23.5. The number of nitro benzene ring substituents is 1. The number of carbonyl (C=O) groups excluding carboxylic acids is 2. The first kappa shape index (κ1) is 23.8. The molecule has 0 aromatic heterocycles. The van der Waals surface area contributed by atoms with Crippen molar-refractivity contribution < 1.29 is 22.9 Å². The van der Waals surface area contributed by atoms with Crippen LogP contribution in [0.15, 0.2) is 47.4 Å². The van der Waals surface area contributed by atoms with E-state index in [0.29, 0.717) is 18.7 Å². The Hall–Kier alpha value is -2.86. The molecule has 1 fully saturated rings. The summed E-state index contributed by atoms with van der Waals surface area (Å²) in [7, 11) is -3.70. The number of sulfonamides is 1. The van der Waals surface area contributed by atoms with Crippen LogP contribution in [0, 0.1) is 10.1 Å². The molecule has 1 amide bonds. The minimum Gasteiger partial charge on any atom is -0.325 e. The van der Waals surface area contributed by atoms with Gasteiger partial charge in [0, 0.05) is 43.5 Å². The number of piperazine rings is 1. The Morgan fingerprint density at radius 1 is 1.09 bits per heavy atom. The number of nitrogens with zero attached hydrogens (tertiary/aromatic N) is 3. The number of ketones is 1. The first-order chi connectivity index (χ1) is 15.1. The van der Waals surface area contributed by atoms with Crippen LogP contribution in [0.25, 0.3) is 0 Å². The van der Waals surface area contributed by atoms with Crippen LogP contribution >= 0.6 is 11.6 Å². The van der Waals surface area contributed by atoms with Gasteiger partial charge >= 0.3 is 0 Å². The summed E-state index contributed by atoms with van der Waals surface area (Å²) >= 11 is 5.77. The molecule has 0 saturated carbocycles. The highest BCUT2D eigenvalue weighted by molar-refractivity contribution is 7.89. The third-order valence-corrected chi connectivity index (χ3v) is 7.26. The van der Waals surface area contributed by atoms with Gasteiger partial charge in [0.1, 0.15) is 5.02 Å². The molecule has 0 unspecified atom stereocenters. The molecule has 1 aliphatic heterocycles. The fourth-order valence-corrected chi connectivity index (χ4v) is 4.88. The van der Waals surface area contributed by atoms with Gasteiger partial charge in [0.15, 0.2) is 5.78 Å². The molecule has 0 radical (unpaired) electrons. The van der Waals surface area contributed by atoms with Crippen LogP contribution in [0.4, 0.5) is 11.4 Å². The minimum absolute atomic E-state index is 0.0115. The lowest BCUT2D eigenvalue weighted by Gasteiger charge is -2.33. The van der Waals surface area contributed by atoms with E-state index in [2.05, 4.69) is 5.32 Å². The van der Waals surface area contributed by atoms with Crippen LogP contribution in [0.3, 0.4) is 0 Å². The number of Topliss-reactive ketones (excluding diaryl/α,β-unsaturated/α-hetero) is 1. The van der Waals surface area contributed by atoms with Gasteiger partial charge in [-0.2, -0.15) is 4.31 Å². The molecule has 2 aromatic carbocycles. The smallest absolute Gasteiger partial charge is 0.289 e. The Balaban J connectivity index is 1.56. The Morgan fingerprint density at radius 3 is 2.28 bits per heavy atom. The topological polar surface area (TPSA) is 130 Å². The number of carbonyl (C=O) groups is 2. The quantitative estimate of drug-likeness (QED) is 0.365. The molecule has 1 heterocycles. The molecule has 0 spiro atoms. The van der Waals surface area contributed by atoms with E-state index < -0.39 is 14.9 Å². The average Bonchev–Trinajstić information content (AvgIpc) is 2.75. The largest absolute Gasteiger partial charge is 0.325 e. The fourth-order valence-electron chi connectivity index (χ4n) is 3.27. The molecule has 170 valence electrons. The van der Waals surface area contributed by atoms with Crippen LogP contribution < -0.4 is 5.32 Å². The number of benzene rings is 2. The maximum absolute atomic E-state index is 12.8. The second kappa shape index (κ2) is 9.74. The van der Waals surface area contributed by atoms with Gasteiger partial charge in [0.25, 0.3) is 5.69 Å². The lowest BCUT2D eigenvalue weighted by molar-refractivity contribution is -0.384. The molecule has 2 aromatic rings. The van der Waals surface area contributed by atoms with Crippen LogP contribution in [0.5, 0.6) is 0 Å². The van der Waals surface area contributed by atoms with E-state index >= 15 is 0 Å². The minimum atomic E-state index is -3.70. The predicted octanol–water partition coefficient (Wildman–Crippen LogP) is 2.40. The van der Waals surface area contributed by atoms with Gasteiger partial charge in [-0.25, -0.2) is 8.42 Å². The van der Waals surface area contributed by atoms with Gasteiger partial charge in [-0.3, -0.25) is 24.6 Å². The monoisotopic (exact) mass is 480 g/mol. The molecule has 1 aliphatic rings. The van der Waals surface area contributed by atoms with Crippen LogP contribution in [-0.2, 0) is 14.8 Å². The summed E-state index contributed by atoms with van der Waals surface area (Å²) in [5, 5.41) is 13.5. The van der Waals surface area contributed by atoms with Crippen molar-refractivity contribution in [3.63, 3.8) is 0 Å². The lowest BCUT2D eigenvalue weighted by Crippen LogP contribution is -2.50. The van der Waals surface area contributed by atoms with Gasteiger partial charge in [-0.1, -0.05) is 23.7 Å². The van der Waals surface area contributed by atoms with Crippen LogP contribution in [0.1, 0.15) is 17.3 Å². The number of hydrogen-bond donors (Lipinski definition) is 1. The van der Waals surface area contributed by atoms with E-state index in [4.69, 9.17) is 11.6 Å². The number of hydrogen-bond acceptors (Lipinski definition) is 7. The average molecular weight is 481 g/mol. The van der Waals surface area contributed by atoms with Gasteiger partial charge in [0.05, 0.1) is 16.4 Å². The molecular formula is C20H21ClN4O6S. The number of rotatable bonds is 7. The zero-order valence-corrected chi connectivity index (χ0v) is 18.7. The van der Waals surface area contributed by atoms with E-state index in [1.54, 1.807) is 4.90 Å². The van der Waals surface area contributed by atoms with E-state index in [-0.39, 0.29) is 52.6 Å². The van der Waals surface area contributed by atoms with Gasteiger partial charge < -0.3 is 5.32 Å². The Bertz CT molecular complexity index is 1150. The van der Waals surface area contributed by atoms with Crippen molar-refractivity contribution in [2.45, 2.75) is 11.8 Å². The molecule has 12 heteroatoms. The second-order valence-corrected chi connectivity index (χ2v) is 9.58. The zero-order valence-electron chi connectivity index (χ0n) is 17.2. The third-order valence-electron chi connectivity index (χ3n) is 5.02. The van der Waals surface area contributed by atoms with Crippen molar-refractivity contribution in [1.29, 1.82) is 0 Å². The number of amides is 1. The van der Waals surface area contributed by atoms with E-state index in [1.807, 2.05) is 0 Å². The molecule has 1 N–H and O–H groups in total. The van der Waals surface area contributed by atoms with Gasteiger partial charge in [0.2, 0.25) is 15.9 Å². The van der Waals surface area contributed by atoms with E-state index in [9.17, 15) is 28.1 Å². The summed E-state index contributed by atoms with van der Waals surface area (Å²) in [6, 6.07) is 9.78. The molecule has 10 nitrogen and oxygen atoms in total. The summed E-state index contributed by atoms with van der Waals surface area (Å²) in [6.07, 6.45) is 0. The summed E-state index contributed by atoms with van der Waals surface area (Å²) in [5.41, 5.74) is 0.381. The maximum atomic E-state index is 12.8. The summed E-state index contributed by atoms with van der Waals surface area (Å²) in [5.74, 6) is -0.521. The number of nitrogens with one attached hydrogen (secondary N) is 1. The van der Waals surface area contributed by atoms with Gasteiger partial charge in [-0.05, 0) is 31.2 Å². The van der Waals surface area contributed by atoms with Crippen LogP contribution in [0.2, 0.25) is 5.02 Å². The highest BCUT2D eigenvalue weighted by Gasteiger charge is 2.29. The highest BCUT2D eigenvalue weighted by Crippen LogP contribution is 2.27. The summed E-state index contributed by atoms with van der Waals surface area (Å²) in [4.78, 5) is 35.9. The first-order valence-electron chi connectivity index (χ1n) is 9.65. The highest BCUT2D eigenvalue weighted by atomic mass is 35.5. The van der Waals surface area contributed by atoms with Crippen molar-refractivity contribution >= 4 is 44.7 Å². The van der Waals surface area contributed by atoms with Crippen LogP contribution in [-0.4, -0.2) is 67.0 Å². The third kappa shape index (κ3) is 5.49. The van der Waals surface area contributed by atoms with E-state index in [1.165, 1.54) is 53.7 Å². The molecule has 3 rings (SSSR count). The van der Waals surface area contributed by atoms with Crippen molar-refractivity contribution in [3.8, 4) is 0 Å². The summed E-state index contributed by atoms with van der Waals surface area (Å²) < 4.78 is 27.0. The predicted molar refractivity (Wildman–Crippen MR) is 118 cm³/mol. The van der Waals surface area contributed by atoms with Crippen molar-refractivity contribution in [2.24, 2.45) is 0 Å². The van der Waals surface area contributed by atoms with Crippen molar-refractivity contribution in [1.82, 2.24) is 9.21 Å². The van der Waals surface area contributed by atoms with Gasteiger partial charge in [-0.15, -0.1) is 0 Å². The molecule has 0 bridgehead atoms. The molecular weight excluding hydrogens is 460 g/mol. The molecule has 0 aliphatic carbocycles. The summed E-state index contributed by atoms with van der Waals surface area (Å²) in [6.45, 7) is 2.52.